The van der Waals surface area contributed by atoms with E-state index < -0.39 is 10.2 Å². The van der Waals surface area contributed by atoms with Crippen LogP contribution in [0.1, 0.15) is 25.7 Å². The minimum absolute atomic E-state index is 0.0749. The number of rotatable bonds is 5. The van der Waals surface area contributed by atoms with E-state index in [1.807, 2.05) is 47.4 Å². The highest BCUT2D eigenvalue weighted by Crippen LogP contribution is 2.20. The molecule has 0 unspecified atom stereocenters. The second-order valence-corrected chi connectivity index (χ2v) is 10.0. The zero-order valence-electron chi connectivity index (χ0n) is 17.3. The first-order valence-corrected chi connectivity index (χ1v) is 12.2. The topological polar surface area (TPSA) is 73.0 Å². The molecule has 0 aromatic heterocycles. The highest BCUT2D eigenvalue weighted by Gasteiger charge is 2.32. The van der Waals surface area contributed by atoms with Gasteiger partial charge in [-0.25, -0.2) is 0 Å². The normalized spacial score (nSPS) is 20.1. The summed E-state index contributed by atoms with van der Waals surface area (Å²) >= 11 is 0. The zero-order chi connectivity index (χ0) is 21.0. The lowest BCUT2D eigenvalue weighted by molar-refractivity contribution is -0.117. The van der Waals surface area contributed by atoms with Gasteiger partial charge in [0, 0.05) is 45.0 Å². The van der Waals surface area contributed by atoms with E-state index in [9.17, 15) is 13.2 Å². The molecule has 2 aromatic rings. The largest absolute Gasteiger partial charge is 0.325 e. The van der Waals surface area contributed by atoms with Crippen LogP contribution in [0, 0.1) is 0 Å². The summed E-state index contributed by atoms with van der Waals surface area (Å²) < 4.78 is 29.1. The highest BCUT2D eigenvalue weighted by atomic mass is 32.2. The second kappa shape index (κ2) is 9.43. The van der Waals surface area contributed by atoms with Crippen LogP contribution in [-0.2, 0) is 15.0 Å². The molecule has 2 heterocycles. The van der Waals surface area contributed by atoms with E-state index in [0.717, 1.165) is 42.1 Å². The van der Waals surface area contributed by atoms with Gasteiger partial charge in [-0.2, -0.15) is 17.0 Å². The van der Waals surface area contributed by atoms with Gasteiger partial charge in [-0.15, -0.1) is 0 Å². The number of hydrogen-bond donors (Lipinski definition) is 1. The average molecular weight is 431 g/mol. The molecule has 0 bridgehead atoms. The molecular formula is C22H30N4O3S. The van der Waals surface area contributed by atoms with Crippen molar-refractivity contribution in [2.75, 3.05) is 51.1 Å². The summed E-state index contributed by atoms with van der Waals surface area (Å²) in [6, 6.07) is 13.9. The Morgan fingerprint density at radius 3 is 2.13 bits per heavy atom. The van der Waals surface area contributed by atoms with Crippen LogP contribution in [0.4, 0.5) is 5.69 Å². The molecule has 2 aliphatic rings. The third kappa shape index (κ3) is 5.00. The van der Waals surface area contributed by atoms with Gasteiger partial charge in [-0.1, -0.05) is 43.2 Å². The smallest absolute Gasteiger partial charge is 0.282 e. The van der Waals surface area contributed by atoms with Crippen LogP contribution in [0.25, 0.3) is 10.8 Å². The van der Waals surface area contributed by atoms with Crippen LogP contribution in [0.2, 0.25) is 0 Å². The number of anilines is 1. The maximum Gasteiger partial charge on any atom is 0.282 e. The first kappa shape index (κ1) is 21.2. The quantitative estimate of drug-likeness (QED) is 0.791. The molecule has 2 aliphatic heterocycles. The first-order chi connectivity index (χ1) is 14.5. The molecule has 162 valence electrons. The minimum atomic E-state index is -3.39. The summed E-state index contributed by atoms with van der Waals surface area (Å²) in [6.07, 6.45) is 4.08. The van der Waals surface area contributed by atoms with Gasteiger partial charge in [0.25, 0.3) is 10.2 Å². The molecule has 2 aromatic carbocycles. The third-order valence-electron chi connectivity index (χ3n) is 5.95. The van der Waals surface area contributed by atoms with Crippen molar-refractivity contribution in [2.45, 2.75) is 25.7 Å². The minimum Gasteiger partial charge on any atom is -0.325 e. The fourth-order valence-electron chi connectivity index (χ4n) is 4.22. The Bertz CT molecular complexity index is 979. The van der Waals surface area contributed by atoms with Gasteiger partial charge < -0.3 is 5.32 Å². The Balaban J connectivity index is 1.29. The Morgan fingerprint density at radius 2 is 1.43 bits per heavy atom. The summed E-state index contributed by atoms with van der Waals surface area (Å²) in [5.74, 6) is -0.0749. The van der Waals surface area contributed by atoms with Gasteiger partial charge in [0.05, 0.1) is 6.54 Å². The van der Waals surface area contributed by atoms with Crippen molar-refractivity contribution in [1.29, 1.82) is 0 Å². The third-order valence-corrected chi connectivity index (χ3v) is 7.98. The van der Waals surface area contributed by atoms with Crippen molar-refractivity contribution in [2.24, 2.45) is 0 Å². The number of carbonyl (C=O) groups excluding carboxylic acids is 1. The lowest BCUT2D eigenvalue weighted by Crippen LogP contribution is -2.54. The van der Waals surface area contributed by atoms with Crippen molar-refractivity contribution < 1.29 is 13.2 Å². The molecule has 7 nitrogen and oxygen atoms in total. The molecule has 1 amide bonds. The van der Waals surface area contributed by atoms with E-state index >= 15 is 0 Å². The molecule has 4 rings (SSSR count). The van der Waals surface area contributed by atoms with Gasteiger partial charge in [-0.05, 0) is 35.7 Å². The van der Waals surface area contributed by atoms with Crippen LogP contribution in [0.3, 0.4) is 0 Å². The van der Waals surface area contributed by atoms with Crippen LogP contribution < -0.4 is 5.32 Å². The number of piperazine rings is 1. The molecule has 0 spiro atoms. The zero-order valence-corrected chi connectivity index (χ0v) is 18.1. The SMILES string of the molecule is O=C(CN1CCN(S(=O)(=O)N2CCCCCC2)CC1)Nc1ccc2ccccc2c1. The Labute approximate surface area is 178 Å². The molecule has 2 fully saturated rings. The van der Waals surface area contributed by atoms with E-state index in [1.54, 1.807) is 8.61 Å². The van der Waals surface area contributed by atoms with Crippen molar-refractivity contribution >= 4 is 32.6 Å². The summed E-state index contributed by atoms with van der Waals surface area (Å²) in [5, 5.41) is 5.18. The van der Waals surface area contributed by atoms with Gasteiger partial charge >= 0.3 is 0 Å². The van der Waals surface area contributed by atoms with E-state index in [2.05, 4.69) is 5.32 Å². The van der Waals surface area contributed by atoms with E-state index in [0.29, 0.717) is 39.3 Å². The Morgan fingerprint density at radius 1 is 0.800 bits per heavy atom. The number of fused-ring (bicyclic) bond motifs is 1. The molecule has 0 radical (unpaired) electrons. The lowest BCUT2D eigenvalue weighted by Gasteiger charge is -2.36. The van der Waals surface area contributed by atoms with Crippen molar-refractivity contribution in [3.05, 3.63) is 42.5 Å². The molecule has 1 N–H and O–H groups in total. The molecule has 0 saturated carbocycles. The highest BCUT2D eigenvalue weighted by molar-refractivity contribution is 7.86. The number of amides is 1. The molecule has 0 atom stereocenters. The van der Waals surface area contributed by atoms with Gasteiger partial charge in [0.2, 0.25) is 5.91 Å². The molecule has 0 aliphatic carbocycles. The summed E-state index contributed by atoms with van der Waals surface area (Å²) in [6.45, 7) is 3.51. The van der Waals surface area contributed by atoms with Crippen LogP contribution in [-0.4, -0.2) is 73.6 Å². The average Bonchev–Trinajstić information content (AvgIpc) is 3.04. The van der Waals surface area contributed by atoms with Gasteiger partial charge in [0.1, 0.15) is 0 Å². The van der Waals surface area contributed by atoms with Crippen molar-refractivity contribution in [3.8, 4) is 0 Å². The summed E-state index contributed by atoms with van der Waals surface area (Å²) in [4.78, 5) is 14.5. The van der Waals surface area contributed by atoms with E-state index in [4.69, 9.17) is 0 Å². The standard InChI is InChI=1S/C22H30N4O3S/c27-22(23-21-10-9-19-7-3-4-8-20(19)17-21)18-24-13-15-26(16-14-24)30(28,29)25-11-5-1-2-6-12-25/h3-4,7-10,17H,1-2,5-6,11-16,18H2,(H,23,27). The maximum absolute atomic E-state index is 12.9. The number of benzene rings is 2. The molecular weight excluding hydrogens is 400 g/mol. The summed E-state index contributed by atoms with van der Waals surface area (Å²) in [5.41, 5.74) is 0.779. The van der Waals surface area contributed by atoms with Crippen molar-refractivity contribution in [1.82, 2.24) is 13.5 Å². The molecule has 8 heteroatoms. The molecule has 2 saturated heterocycles. The number of hydrogen-bond acceptors (Lipinski definition) is 4. The maximum atomic E-state index is 12.9. The van der Waals surface area contributed by atoms with Crippen LogP contribution in [0.5, 0.6) is 0 Å². The molecule has 30 heavy (non-hydrogen) atoms. The van der Waals surface area contributed by atoms with Crippen LogP contribution >= 0.6 is 0 Å². The monoisotopic (exact) mass is 430 g/mol. The Kier molecular flexibility index (Phi) is 6.67. The first-order valence-electron chi connectivity index (χ1n) is 10.8. The number of nitrogens with zero attached hydrogens (tertiary/aromatic N) is 3. The van der Waals surface area contributed by atoms with Crippen LogP contribution in [0.15, 0.2) is 42.5 Å². The fourth-order valence-corrected chi connectivity index (χ4v) is 5.90. The second-order valence-electron chi connectivity index (χ2n) is 8.11. The van der Waals surface area contributed by atoms with Gasteiger partial charge in [0.15, 0.2) is 0 Å². The fraction of sp³-hybridized carbons (Fsp3) is 0.500. The van der Waals surface area contributed by atoms with Crippen molar-refractivity contribution in [3.63, 3.8) is 0 Å². The van der Waals surface area contributed by atoms with E-state index in [-0.39, 0.29) is 12.5 Å². The lowest BCUT2D eigenvalue weighted by atomic mass is 10.1. The number of nitrogens with one attached hydrogen (secondary N) is 1. The summed E-state index contributed by atoms with van der Waals surface area (Å²) in [7, 11) is -3.39. The Hall–Kier alpha value is -2.00. The van der Waals surface area contributed by atoms with E-state index in [1.165, 1.54) is 0 Å². The predicted molar refractivity (Wildman–Crippen MR) is 120 cm³/mol. The number of carbonyl (C=O) groups is 1. The predicted octanol–water partition coefficient (Wildman–Crippen LogP) is 2.52. The van der Waals surface area contributed by atoms with Gasteiger partial charge in [-0.3, -0.25) is 9.69 Å².